The lowest BCUT2D eigenvalue weighted by Gasteiger charge is -2.22. The molecular formula is C17H30O4. The van der Waals surface area contributed by atoms with Crippen LogP contribution in [0.15, 0.2) is 11.6 Å². The van der Waals surface area contributed by atoms with Crippen molar-refractivity contribution < 1.29 is 19.1 Å². The van der Waals surface area contributed by atoms with Gasteiger partial charge >= 0.3 is 11.9 Å². The van der Waals surface area contributed by atoms with Crippen molar-refractivity contribution in [3.63, 3.8) is 0 Å². The Morgan fingerprint density at radius 1 is 0.905 bits per heavy atom. The van der Waals surface area contributed by atoms with Crippen LogP contribution in [0.3, 0.4) is 0 Å². The Morgan fingerprint density at radius 2 is 1.38 bits per heavy atom. The Kier molecular flexibility index (Phi) is 7.14. The summed E-state index contributed by atoms with van der Waals surface area (Å²) < 4.78 is 10.6. The molecule has 0 unspecified atom stereocenters. The molecule has 122 valence electrons. The Labute approximate surface area is 128 Å². The molecule has 0 aromatic heterocycles. The second-order valence-electron chi connectivity index (χ2n) is 7.52. The van der Waals surface area contributed by atoms with Gasteiger partial charge in [-0.3, -0.25) is 4.79 Å². The molecule has 21 heavy (non-hydrogen) atoms. The number of esters is 2. The number of allylic oxidation sites excluding steroid dienone is 1. The molecule has 0 atom stereocenters. The van der Waals surface area contributed by atoms with Crippen molar-refractivity contribution in [1.82, 2.24) is 0 Å². The molecule has 0 aliphatic carbocycles. The van der Waals surface area contributed by atoms with E-state index in [1.165, 1.54) is 0 Å². The number of ether oxygens (including phenoxy) is 2. The van der Waals surface area contributed by atoms with E-state index >= 15 is 0 Å². The van der Waals surface area contributed by atoms with Crippen LogP contribution in [-0.4, -0.2) is 23.1 Å². The summed E-state index contributed by atoms with van der Waals surface area (Å²) >= 11 is 0. The molecule has 0 saturated carbocycles. The lowest BCUT2D eigenvalue weighted by atomic mass is 10.0. The van der Waals surface area contributed by atoms with Gasteiger partial charge in [-0.1, -0.05) is 19.9 Å². The zero-order valence-corrected chi connectivity index (χ0v) is 14.7. The van der Waals surface area contributed by atoms with Gasteiger partial charge in [-0.2, -0.15) is 0 Å². The Bertz CT molecular complexity index is 392. The summed E-state index contributed by atoms with van der Waals surface area (Å²) in [6, 6.07) is 0. The van der Waals surface area contributed by atoms with Gasteiger partial charge in [0.05, 0.1) is 0 Å². The molecule has 0 spiro atoms. The number of carbonyl (C=O) groups is 2. The normalized spacial score (nSPS) is 13.3. The van der Waals surface area contributed by atoms with Gasteiger partial charge in [0.15, 0.2) is 0 Å². The second kappa shape index (κ2) is 7.62. The van der Waals surface area contributed by atoms with Crippen molar-refractivity contribution >= 4 is 11.9 Å². The zero-order chi connectivity index (χ0) is 16.8. The van der Waals surface area contributed by atoms with Crippen LogP contribution in [0, 0.1) is 5.92 Å². The molecule has 4 nitrogen and oxygen atoms in total. The number of hydrogen-bond acceptors (Lipinski definition) is 4. The van der Waals surface area contributed by atoms with E-state index in [9.17, 15) is 9.59 Å². The predicted octanol–water partition coefficient (Wildman–Crippen LogP) is 4.03. The van der Waals surface area contributed by atoms with E-state index in [2.05, 4.69) is 0 Å². The maximum atomic E-state index is 12.1. The molecule has 0 aliphatic rings. The fraction of sp³-hybridized carbons (Fsp3) is 0.765. The van der Waals surface area contributed by atoms with Crippen LogP contribution < -0.4 is 0 Å². The van der Waals surface area contributed by atoms with Gasteiger partial charge in [0.1, 0.15) is 11.2 Å². The maximum Gasteiger partial charge on any atom is 0.334 e. The first-order valence-corrected chi connectivity index (χ1v) is 7.46. The monoisotopic (exact) mass is 298 g/mol. The minimum absolute atomic E-state index is 0.176. The SMILES string of the molecule is CC(C)/C=C(\CCC(=O)OC(C)(C)C)C(=O)OC(C)(C)C. The smallest absolute Gasteiger partial charge is 0.334 e. The molecule has 0 saturated heterocycles. The van der Waals surface area contributed by atoms with Crippen molar-refractivity contribution in [3.8, 4) is 0 Å². The van der Waals surface area contributed by atoms with Crippen molar-refractivity contribution in [2.75, 3.05) is 0 Å². The summed E-state index contributed by atoms with van der Waals surface area (Å²) in [4.78, 5) is 23.9. The summed E-state index contributed by atoms with van der Waals surface area (Å²) in [6.07, 6.45) is 2.36. The molecule has 0 rings (SSSR count). The van der Waals surface area contributed by atoms with Gasteiger partial charge in [-0.25, -0.2) is 4.79 Å². The number of rotatable bonds is 5. The van der Waals surface area contributed by atoms with E-state index in [1.807, 2.05) is 61.5 Å². The number of hydrogen-bond donors (Lipinski definition) is 0. The first-order valence-electron chi connectivity index (χ1n) is 7.46. The molecule has 0 aliphatic heterocycles. The Balaban J connectivity index is 4.74. The van der Waals surface area contributed by atoms with Gasteiger partial charge in [0.25, 0.3) is 0 Å². The summed E-state index contributed by atoms with van der Waals surface area (Å²) in [5.41, 5.74) is -0.518. The number of carbonyl (C=O) groups excluding carboxylic acids is 2. The topological polar surface area (TPSA) is 52.6 Å². The maximum absolute atomic E-state index is 12.1. The minimum Gasteiger partial charge on any atom is -0.460 e. The van der Waals surface area contributed by atoms with Gasteiger partial charge in [-0.05, 0) is 53.9 Å². The van der Waals surface area contributed by atoms with Crippen LogP contribution >= 0.6 is 0 Å². The summed E-state index contributed by atoms with van der Waals surface area (Å²) in [5.74, 6) is -0.452. The molecule has 0 bridgehead atoms. The third-order valence-electron chi connectivity index (χ3n) is 2.21. The van der Waals surface area contributed by atoms with Crippen LogP contribution in [0.5, 0.6) is 0 Å². The second-order valence-corrected chi connectivity index (χ2v) is 7.52. The van der Waals surface area contributed by atoms with E-state index in [-0.39, 0.29) is 24.3 Å². The van der Waals surface area contributed by atoms with Gasteiger partial charge in [0, 0.05) is 12.0 Å². The molecule has 0 N–H and O–H groups in total. The minimum atomic E-state index is -0.543. The lowest BCUT2D eigenvalue weighted by Crippen LogP contribution is -2.26. The van der Waals surface area contributed by atoms with Crippen molar-refractivity contribution in [3.05, 3.63) is 11.6 Å². The highest BCUT2D eigenvalue weighted by Gasteiger charge is 2.22. The van der Waals surface area contributed by atoms with Crippen LogP contribution in [-0.2, 0) is 19.1 Å². The zero-order valence-electron chi connectivity index (χ0n) is 14.7. The van der Waals surface area contributed by atoms with Crippen LogP contribution in [0.2, 0.25) is 0 Å². The lowest BCUT2D eigenvalue weighted by molar-refractivity contribution is -0.154. The molecule has 0 fully saturated rings. The summed E-state index contributed by atoms with van der Waals surface area (Å²) in [7, 11) is 0. The average Bonchev–Trinajstić information content (AvgIpc) is 2.18. The van der Waals surface area contributed by atoms with Gasteiger partial charge in [0.2, 0.25) is 0 Å². The highest BCUT2D eigenvalue weighted by molar-refractivity contribution is 5.89. The standard InChI is InChI=1S/C17H30O4/c1-12(2)11-13(15(19)21-17(6,7)8)9-10-14(18)20-16(3,4)5/h11-12H,9-10H2,1-8H3/b13-11+. The largest absolute Gasteiger partial charge is 0.460 e. The molecule has 0 radical (unpaired) electrons. The molecule has 4 heteroatoms. The highest BCUT2D eigenvalue weighted by Crippen LogP contribution is 2.18. The van der Waals surface area contributed by atoms with Crippen molar-refractivity contribution in [1.29, 1.82) is 0 Å². The fourth-order valence-corrected chi connectivity index (χ4v) is 1.63. The van der Waals surface area contributed by atoms with E-state index in [0.717, 1.165) is 0 Å². The molecule has 0 amide bonds. The summed E-state index contributed by atoms with van der Waals surface area (Å²) in [6.45, 7) is 14.9. The third kappa shape index (κ3) is 11.1. The molecule has 0 aromatic carbocycles. The van der Waals surface area contributed by atoms with Gasteiger partial charge < -0.3 is 9.47 Å². The van der Waals surface area contributed by atoms with Crippen molar-refractivity contribution in [2.24, 2.45) is 5.92 Å². The quantitative estimate of drug-likeness (QED) is 0.568. The molecular weight excluding hydrogens is 268 g/mol. The molecule has 0 heterocycles. The van der Waals surface area contributed by atoms with E-state index in [0.29, 0.717) is 12.0 Å². The van der Waals surface area contributed by atoms with Crippen LogP contribution in [0.1, 0.15) is 68.2 Å². The Morgan fingerprint density at radius 3 is 1.76 bits per heavy atom. The Hall–Kier alpha value is -1.32. The highest BCUT2D eigenvalue weighted by atomic mass is 16.6. The van der Waals surface area contributed by atoms with Crippen LogP contribution in [0.4, 0.5) is 0 Å². The molecule has 0 aromatic rings. The average molecular weight is 298 g/mol. The first-order chi connectivity index (χ1) is 9.30. The van der Waals surface area contributed by atoms with E-state index in [1.54, 1.807) is 0 Å². The fourth-order valence-electron chi connectivity index (χ4n) is 1.63. The third-order valence-corrected chi connectivity index (χ3v) is 2.21. The predicted molar refractivity (Wildman–Crippen MR) is 83.8 cm³/mol. The summed E-state index contributed by atoms with van der Waals surface area (Å²) in [5, 5.41) is 0. The van der Waals surface area contributed by atoms with E-state index in [4.69, 9.17) is 9.47 Å². The first kappa shape index (κ1) is 19.7. The van der Waals surface area contributed by atoms with Gasteiger partial charge in [-0.15, -0.1) is 0 Å². The van der Waals surface area contributed by atoms with E-state index < -0.39 is 11.2 Å². The van der Waals surface area contributed by atoms with Crippen molar-refractivity contribution in [2.45, 2.75) is 79.4 Å². The van der Waals surface area contributed by atoms with Crippen LogP contribution in [0.25, 0.3) is 0 Å².